The summed E-state index contributed by atoms with van der Waals surface area (Å²) in [7, 11) is -5.00. The smallest absolute Gasteiger partial charge is 0.457 e. The van der Waals surface area contributed by atoms with E-state index in [-0.39, 0.29) is 13.0 Å². The van der Waals surface area contributed by atoms with Gasteiger partial charge in [0.25, 0.3) is 0 Å². The lowest BCUT2D eigenvalue weighted by atomic mass is 9.85. The van der Waals surface area contributed by atoms with Gasteiger partial charge in [0, 0.05) is 13.0 Å². The van der Waals surface area contributed by atoms with Crippen LogP contribution in [0.15, 0.2) is 0 Å². The normalized spacial score (nSPS) is 22.6. The van der Waals surface area contributed by atoms with Crippen LogP contribution in [-0.2, 0) is 27.9 Å². The number of aliphatic hydroxyl groups is 5. The predicted octanol–water partition coefficient (Wildman–Crippen LogP) is 9.76. The summed E-state index contributed by atoms with van der Waals surface area (Å²) < 4.78 is 34.1. The molecule has 1 rings (SSSR count). The summed E-state index contributed by atoms with van der Waals surface area (Å²) in [6, 6.07) is 0. The number of unbranched alkanes of at least 4 members (excludes halogenated alkanes) is 29. The Balaban J connectivity index is 2.25. The topological polar surface area (TPSA) is 192 Å². The fourth-order valence-electron chi connectivity index (χ4n) is 7.65. The van der Waals surface area contributed by atoms with Gasteiger partial charge in [0.15, 0.2) is 0 Å². The second-order valence-electron chi connectivity index (χ2n) is 17.0. The van der Waals surface area contributed by atoms with Crippen molar-refractivity contribution in [3.63, 3.8) is 0 Å². The Hall–Kier alpha value is -0.660. The summed E-state index contributed by atoms with van der Waals surface area (Å²) in [5.74, 6) is -0.472. The lowest BCUT2D eigenvalue weighted by Crippen LogP contribution is -2.64. The van der Waals surface area contributed by atoms with Crippen molar-refractivity contribution >= 4 is 13.8 Å². The zero-order valence-corrected chi connectivity index (χ0v) is 37.8. The van der Waals surface area contributed by atoms with Crippen LogP contribution in [-0.4, -0.2) is 98.9 Å². The van der Waals surface area contributed by atoms with E-state index in [2.05, 4.69) is 13.8 Å². The summed E-state index contributed by atoms with van der Waals surface area (Å²) in [5.41, 5.74) is 0. The van der Waals surface area contributed by atoms with Crippen LogP contribution in [0.2, 0.25) is 0 Å². The Kier molecular flexibility index (Phi) is 35.3. The van der Waals surface area contributed by atoms with Gasteiger partial charge in [-0.15, -0.1) is 0 Å². The molecule has 6 N–H and O–H groups in total. The van der Waals surface area contributed by atoms with Crippen molar-refractivity contribution in [3.8, 4) is 0 Å². The van der Waals surface area contributed by atoms with Crippen LogP contribution in [0.25, 0.3) is 0 Å². The first-order valence-corrected chi connectivity index (χ1v) is 25.4. The monoisotopic (exact) mass is 853 g/mol. The van der Waals surface area contributed by atoms with Gasteiger partial charge in [0.05, 0.1) is 13.2 Å². The van der Waals surface area contributed by atoms with Crippen molar-refractivity contribution < 1.29 is 58.3 Å². The highest BCUT2D eigenvalue weighted by atomic mass is 31.2. The number of rotatable bonds is 41. The van der Waals surface area contributed by atoms with E-state index in [0.29, 0.717) is 13.0 Å². The second kappa shape index (κ2) is 36.9. The van der Waals surface area contributed by atoms with Gasteiger partial charge in [0.1, 0.15) is 42.7 Å². The van der Waals surface area contributed by atoms with E-state index < -0.39 is 63.1 Å². The van der Waals surface area contributed by atoms with Crippen LogP contribution >= 0.6 is 7.82 Å². The Morgan fingerprint density at radius 3 is 1.19 bits per heavy atom. The molecular formula is C45H89O12P. The molecular weight excluding hydrogens is 763 g/mol. The molecule has 13 heteroatoms. The zero-order valence-electron chi connectivity index (χ0n) is 36.9. The molecule has 0 amide bonds. The lowest BCUT2D eigenvalue weighted by molar-refractivity contribution is -0.220. The van der Waals surface area contributed by atoms with Crippen molar-refractivity contribution in [1.29, 1.82) is 0 Å². The predicted molar refractivity (Wildman–Crippen MR) is 230 cm³/mol. The van der Waals surface area contributed by atoms with Gasteiger partial charge in [0.2, 0.25) is 0 Å². The van der Waals surface area contributed by atoms with Crippen molar-refractivity contribution in [3.05, 3.63) is 0 Å². The molecule has 0 radical (unpaired) electrons. The van der Waals surface area contributed by atoms with Crippen LogP contribution in [0.1, 0.15) is 219 Å². The molecule has 0 aromatic carbocycles. The molecule has 346 valence electrons. The Bertz CT molecular complexity index is 973. The molecule has 1 aliphatic rings. The van der Waals surface area contributed by atoms with Crippen molar-refractivity contribution in [2.45, 2.75) is 262 Å². The molecule has 0 saturated heterocycles. The van der Waals surface area contributed by atoms with Gasteiger partial charge >= 0.3 is 13.8 Å². The quantitative estimate of drug-likeness (QED) is 0.0194. The molecule has 1 aliphatic carbocycles. The van der Waals surface area contributed by atoms with Crippen LogP contribution in [0.5, 0.6) is 0 Å². The van der Waals surface area contributed by atoms with Crippen molar-refractivity contribution in [1.82, 2.24) is 0 Å². The first-order valence-electron chi connectivity index (χ1n) is 23.9. The van der Waals surface area contributed by atoms with Gasteiger partial charge in [-0.25, -0.2) is 4.57 Å². The maximum atomic E-state index is 12.8. The van der Waals surface area contributed by atoms with Crippen LogP contribution in [0, 0.1) is 0 Å². The SMILES string of the molecule is CCCCCCCCCCCCCCCCCCCCCCCCCC(=O)OC(COCCCCCCCCCC)COP(=O)(O)OC1C(O)C(O)C(O)C(O)C1O. The summed E-state index contributed by atoms with van der Waals surface area (Å²) >= 11 is 0. The third kappa shape index (κ3) is 28.8. The number of esters is 1. The first kappa shape index (κ1) is 55.4. The molecule has 0 aromatic rings. The van der Waals surface area contributed by atoms with Crippen molar-refractivity contribution in [2.75, 3.05) is 19.8 Å². The molecule has 58 heavy (non-hydrogen) atoms. The third-order valence-electron chi connectivity index (χ3n) is 11.5. The summed E-state index contributed by atoms with van der Waals surface area (Å²) in [6.07, 6.45) is 26.3. The number of aliphatic hydroxyl groups excluding tert-OH is 5. The Morgan fingerprint density at radius 2 is 0.810 bits per heavy atom. The van der Waals surface area contributed by atoms with Crippen LogP contribution in [0.4, 0.5) is 0 Å². The van der Waals surface area contributed by atoms with E-state index in [1.54, 1.807) is 0 Å². The third-order valence-corrected chi connectivity index (χ3v) is 12.5. The number of hydrogen-bond acceptors (Lipinski definition) is 11. The highest BCUT2D eigenvalue weighted by molar-refractivity contribution is 7.47. The molecule has 0 bridgehead atoms. The Labute approximate surface area is 353 Å². The standard InChI is InChI=1S/C45H89O12P/c1-3-5-7-9-11-13-14-15-16-17-18-19-20-21-22-23-24-25-26-27-28-30-32-34-39(46)56-38(36-54-35-33-31-29-12-10-8-6-4-2)37-55-58(52,53)57-45-43(50)41(48)40(47)42(49)44(45)51/h38,40-45,47-51H,3-37H2,1-2H3,(H,52,53). The number of phosphoric ester groups is 1. The summed E-state index contributed by atoms with van der Waals surface area (Å²) in [4.78, 5) is 23.1. The lowest BCUT2D eigenvalue weighted by Gasteiger charge is -2.41. The maximum Gasteiger partial charge on any atom is 0.472 e. The zero-order chi connectivity index (χ0) is 42.7. The Morgan fingerprint density at radius 1 is 0.483 bits per heavy atom. The molecule has 1 saturated carbocycles. The number of carbonyl (C=O) groups excluding carboxylic acids is 1. The second-order valence-corrected chi connectivity index (χ2v) is 18.4. The molecule has 0 aliphatic heterocycles. The van der Waals surface area contributed by atoms with Crippen LogP contribution < -0.4 is 0 Å². The number of phosphoric acid groups is 1. The van der Waals surface area contributed by atoms with Crippen LogP contribution in [0.3, 0.4) is 0 Å². The highest BCUT2D eigenvalue weighted by Crippen LogP contribution is 2.47. The van der Waals surface area contributed by atoms with E-state index in [4.69, 9.17) is 18.5 Å². The molecule has 0 aromatic heterocycles. The molecule has 0 spiro atoms. The maximum absolute atomic E-state index is 12.8. The fourth-order valence-corrected chi connectivity index (χ4v) is 8.62. The largest absolute Gasteiger partial charge is 0.472 e. The van der Waals surface area contributed by atoms with E-state index in [0.717, 1.165) is 38.5 Å². The molecule has 1 fully saturated rings. The minimum Gasteiger partial charge on any atom is -0.457 e. The molecule has 6 unspecified atom stereocenters. The molecule has 0 heterocycles. The average molecular weight is 853 g/mol. The minimum absolute atomic E-state index is 0.0695. The first-order chi connectivity index (χ1) is 28.0. The summed E-state index contributed by atoms with van der Waals surface area (Å²) in [6.45, 7) is 4.26. The van der Waals surface area contributed by atoms with Crippen molar-refractivity contribution in [2.24, 2.45) is 0 Å². The average Bonchev–Trinajstić information content (AvgIpc) is 3.21. The van der Waals surface area contributed by atoms with Gasteiger partial charge in [-0.2, -0.15) is 0 Å². The number of ether oxygens (including phenoxy) is 2. The molecule has 6 atom stereocenters. The van der Waals surface area contributed by atoms with E-state index in [1.807, 2.05) is 0 Å². The number of hydrogen-bond donors (Lipinski definition) is 6. The van der Waals surface area contributed by atoms with Gasteiger partial charge in [-0.05, 0) is 12.8 Å². The van der Waals surface area contributed by atoms with Gasteiger partial charge < -0.3 is 39.9 Å². The minimum atomic E-state index is -5.00. The van der Waals surface area contributed by atoms with Gasteiger partial charge in [-0.1, -0.05) is 200 Å². The van der Waals surface area contributed by atoms with E-state index in [9.17, 15) is 39.8 Å². The number of carbonyl (C=O) groups is 1. The summed E-state index contributed by atoms with van der Waals surface area (Å²) in [5, 5.41) is 50.1. The van der Waals surface area contributed by atoms with E-state index in [1.165, 1.54) is 154 Å². The van der Waals surface area contributed by atoms with Gasteiger partial charge in [-0.3, -0.25) is 13.8 Å². The fraction of sp³-hybridized carbons (Fsp3) is 0.978. The van der Waals surface area contributed by atoms with E-state index >= 15 is 0 Å². The molecule has 12 nitrogen and oxygen atoms in total. The highest BCUT2D eigenvalue weighted by Gasteiger charge is 2.51.